The molecule has 0 unspecified atom stereocenters. The number of hydrogen-bond acceptors (Lipinski definition) is 3. The van der Waals surface area contributed by atoms with Gasteiger partial charge < -0.3 is 4.74 Å². The van der Waals surface area contributed by atoms with Gasteiger partial charge in [0.25, 0.3) is 0 Å². The molecule has 1 aromatic carbocycles. The summed E-state index contributed by atoms with van der Waals surface area (Å²) in [6.07, 6.45) is 1.21. The summed E-state index contributed by atoms with van der Waals surface area (Å²) in [4.78, 5) is 3.77. The first-order valence-corrected chi connectivity index (χ1v) is 5.33. The molecule has 15 heavy (non-hydrogen) atoms. The number of ether oxygens (including phenoxy) is 1. The molecule has 0 amide bonds. The summed E-state index contributed by atoms with van der Waals surface area (Å²) in [7, 11) is 1.36. The summed E-state index contributed by atoms with van der Waals surface area (Å²) in [5.74, 6) is -0.536. The van der Waals surface area contributed by atoms with Crippen LogP contribution in [-0.4, -0.2) is 16.1 Å². The van der Waals surface area contributed by atoms with E-state index in [2.05, 4.69) is 20.9 Å². The molecule has 0 saturated carbocycles. The van der Waals surface area contributed by atoms with Crippen LogP contribution in [0.2, 0.25) is 0 Å². The molecule has 80 valence electrons. The van der Waals surface area contributed by atoms with Crippen molar-refractivity contribution < 1.29 is 13.0 Å². The Morgan fingerprint density at radius 3 is 2.93 bits per heavy atom. The quantitative estimate of drug-likeness (QED) is 0.850. The minimum absolute atomic E-state index is 0.0383. The molecule has 0 bridgehead atoms. The third kappa shape index (κ3) is 1.59. The van der Waals surface area contributed by atoms with Gasteiger partial charge in [-0.05, 0) is 22.0 Å². The van der Waals surface area contributed by atoms with E-state index >= 15 is 0 Å². The lowest BCUT2D eigenvalue weighted by Gasteiger charge is -2.05. The average Bonchev–Trinajstić information content (AvgIpc) is 2.61. The van der Waals surface area contributed by atoms with Crippen LogP contribution in [0.4, 0.5) is 8.28 Å². The normalized spacial score (nSPS) is 10.9. The van der Waals surface area contributed by atoms with Crippen LogP contribution >= 0.6 is 28.3 Å². The Morgan fingerprint density at radius 1 is 1.60 bits per heavy atom. The van der Waals surface area contributed by atoms with E-state index in [4.69, 9.17) is 4.74 Å². The highest BCUT2D eigenvalue weighted by Crippen LogP contribution is 2.34. The fraction of sp³-hybridized carbons (Fsp3) is 0.125. The number of benzene rings is 1. The Hall–Kier alpha value is -0.820. The predicted octanol–water partition coefficient (Wildman–Crippen LogP) is 3.33. The highest BCUT2D eigenvalue weighted by molar-refractivity contribution is 9.10. The second kappa shape index (κ2) is 3.97. The zero-order valence-corrected chi connectivity index (χ0v) is 9.90. The van der Waals surface area contributed by atoms with Crippen LogP contribution in [0, 0.1) is 5.82 Å². The lowest BCUT2D eigenvalue weighted by atomic mass is 10.3. The van der Waals surface area contributed by atoms with E-state index in [-0.39, 0.29) is 23.6 Å². The van der Waals surface area contributed by atoms with Gasteiger partial charge in [0.05, 0.1) is 17.1 Å². The van der Waals surface area contributed by atoms with E-state index in [1.54, 1.807) is 6.07 Å². The number of imidazole rings is 1. The molecule has 1 heterocycles. The number of aromatic nitrogens is 2. The van der Waals surface area contributed by atoms with Gasteiger partial charge in [0.1, 0.15) is 11.8 Å². The van der Waals surface area contributed by atoms with Crippen LogP contribution in [0.25, 0.3) is 11.0 Å². The van der Waals surface area contributed by atoms with Crippen molar-refractivity contribution in [3.8, 4) is 5.75 Å². The third-order valence-corrected chi connectivity index (χ3v) is 2.97. The lowest BCUT2D eigenvalue weighted by molar-refractivity contribution is 0.386. The molecule has 0 saturated heterocycles. The van der Waals surface area contributed by atoms with Crippen molar-refractivity contribution in [2.45, 2.75) is 0 Å². The lowest BCUT2D eigenvalue weighted by Crippen LogP contribution is -1.91. The van der Waals surface area contributed by atoms with Gasteiger partial charge in [0.2, 0.25) is 0 Å². The number of hydrogen-bond donors (Lipinski definition) is 0. The SMILES string of the molecule is COc1c(Br)cc2c(ncn2SF)c1F. The summed E-state index contributed by atoms with van der Waals surface area (Å²) in [5, 5.41) is 0. The fourth-order valence-corrected chi connectivity index (χ4v) is 2.13. The molecule has 2 aromatic rings. The van der Waals surface area contributed by atoms with E-state index in [0.29, 0.717) is 9.99 Å². The molecule has 3 nitrogen and oxygen atoms in total. The monoisotopic (exact) mass is 294 g/mol. The van der Waals surface area contributed by atoms with E-state index in [9.17, 15) is 8.28 Å². The van der Waals surface area contributed by atoms with Crippen LogP contribution in [-0.2, 0) is 0 Å². The molecule has 2 rings (SSSR count). The molecule has 0 N–H and O–H groups in total. The largest absolute Gasteiger partial charge is 0.492 e. The zero-order valence-electron chi connectivity index (χ0n) is 7.50. The summed E-state index contributed by atoms with van der Waals surface area (Å²) < 4.78 is 32.5. The smallest absolute Gasteiger partial charge is 0.194 e. The number of halogens is 3. The highest BCUT2D eigenvalue weighted by atomic mass is 79.9. The van der Waals surface area contributed by atoms with Crippen molar-refractivity contribution in [3.63, 3.8) is 0 Å². The van der Waals surface area contributed by atoms with Crippen molar-refractivity contribution >= 4 is 39.3 Å². The number of fused-ring (bicyclic) bond motifs is 1. The maximum atomic E-state index is 13.7. The first kappa shape index (κ1) is 10.7. The van der Waals surface area contributed by atoms with Crippen molar-refractivity contribution in [1.29, 1.82) is 0 Å². The van der Waals surface area contributed by atoms with E-state index < -0.39 is 5.82 Å². The Kier molecular flexibility index (Phi) is 2.83. The van der Waals surface area contributed by atoms with Crippen LogP contribution < -0.4 is 4.74 Å². The molecule has 0 aliphatic heterocycles. The van der Waals surface area contributed by atoms with Crippen LogP contribution in [0.1, 0.15) is 0 Å². The molecular formula is C8H5BrF2N2OS. The summed E-state index contributed by atoms with van der Waals surface area (Å²) in [5.41, 5.74) is 0.438. The van der Waals surface area contributed by atoms with Gasteiger partial charge in [-0.15, -0.1) is 3.89 Å². The van der Waals surface area contributed by atoms with E-state index in [1.165, 1.54) is 13.4 Å². The van der Waals surface area contributed by atoms with Gasteiger partial charge in [-0.1, -0.05) is 0 Å². The van der Waals surface area contributed by atoms with Gasteiger partial charge in [-0.25, -0.2) is 13.3 Å². The highest BCUT2D eigenvalue weighted by Gasteiger charge is 2.16. The molecular weight excluding hydrogens is 290 g/mol. The van der Waals surface area contributed by atoms with Gasteiger partial charge in [-0.3, -0.25) is 0 Å². The van der Waals surface area contributed by atoms with E-state index in [0.717, 1.165) is 3.97 Å². The predicted molar refractivity (Wildman–Crippen MR) is 58.0 cm³/mol. The van der Waals surface area contributed by atoms with Crippen molar-refractivity contribution in [1.82, 2.24) is 8.96 Å². The first-order valence-electron chi connectivity index (χ1n) is 3.87. The zero-order chi connectivity index (χ0) is 11.0. The standard InChI is InChI=1S/C8H5BrF2N2OS/c1-14-8-4(9)2-5-7(6(8)10)12-3-13(5)15-11/h2-3H,1H3. The van der Waals surface area contributed by atoms with Gasteiger partial charge in [0, 0.05) is 0 Å². The average molecular weight is 295 g/mol. The Balaban J connectivity index is 2.80. The summed E-state index contributed by atoms with van der Waals surface area (Å²) in [6.45, 7) is 0. The molecule has 0 aliphatic rings. The topological polar surface area (TPSA) is 27.1 Å². The minimum Gasteiger partial charge on any atom is -0.492 e. The van der Waals surface area contributed by atoms with Crippen molar-refractivity contribution in [2.24, 2.45) is 0 Å². The van der Waals surface area contributed by atoms with Crippen LogP contribution in [0.15, 0.2) is 16.9 Å². The second-order valence-electron chi connectivity index (χ2n) is 2.71. The number of methoxy groups -OCH3 is 1. The van der Waals surface area contributed by atoms with Crippen LogP contribution in [0.3, 0.4) is 0 Å². The van der Waals surface area contributed by atoms with Gasteiger partial charge >= 0.3 is 0 Å². The Labute approximate surface area is 97.0 Å². The van der Waals surface area contributed by atoms with Gasteiger partial charge in [0.15, 0.2) is 23.9 Å². The Bertz CT molecular complexity index is 517. The first-order chi connectivity index (χ1) is 7.19. The molecule has 0 aliphatic carbocycles. The molecule has 0 atom stereocenters. The third-order valence-electron chi connectivity index (χ3n) is 1.94. The fourth-order valence-electron chi connectivity index (χ4n) is 1.28. The van der Waals surface area contributed by atoms with E-state index in [1.807, 2.05) is 0 Å². The van der Waals surface area contributed by atoms with Crippen LogP contribution in [0.5, 0.6) is 5.75 Å². The summed E-state index contributed by atoms with van der Waals surface area (Å²) in [6, 6.07) is 1.55. The minimum atomic E-state index is -0.602. The number of rotatable bonds is 2. The maximum absolute atomic E-state index is 13.7. The Morgan fingerprint density at radius 2 is 2.33 bits per heavy atom. The molecule has 1 aromatic heterocycles. The second-order valence-corrected chi connectivity index (χ2v) is 4.10. The van der Waals surface area contributed by atoms with Gasteiger partial charge in [-0.2, -0.15) is 0 Å². The molecule has 0 radical (unpaired) electrons. The molecule has 7 heteroatoms. The van der Waals surface area contributed by atoms with Crippen molar-refractivity contribution in [3.05, 3.63) is 22.7 Å². The van der Waals surface area contributed by atoms with Crippen molar-refractivity contribution in [2.75, 3.05) is 7.11 Å². The molecule has 0 spiro atoms. The number of nitrogens with zero attached hydrogens (tertiary/aromatic N) is 2. The maximum Gasteiger partial charge on any atom is 0.194 e. The molecule has 0 fully saturated rings. The summed E-state index contributed by atoms with van der Waals surface area (Å²) >= 11 is 3.10.